The SMILES string of the molecule is CCCCCCCCCCCCCCCCCC(CCCCCCCC(=O)O)OC(=O)CCCCCCCCCCCCCCCC. The largest absolute Gasteiger partial charge is 0.481 e. The van der Waals surface area contributed by atoms with Crippen molar-refractivity contribution in [2.24, 2.45) is 0 Å². The van der Waals surface area contributed by atoms with Gasteiger partial charge >= 0.3 is 11.9 Å². The van der Waals surface area contributed by atoms with Gasteiger partial charge in [-0.2, -0.15) is 0 Å². The standard InChI is InChI=1S/C43H84O4/c1-3-5-7-9-11-13-15-17-19-20-22-24-26-29-33-37-41(38-34-30-28-31-35-39-42(44)45)47-43(46)40-36-32-27-25-23-21-18-16-14-12-10-8-6-4-2/h41H,3-40H2,1-2H3,(H,44,45). The molecule has 0 aromatic rings. The molecule has 0 aliphatic carbocycles. The number of ether oxygens (including phenoxy) is 1. The maximum atomic E-state index is 12.7. The first-order chi connectivity index (χ1) is 23.1. The number of unbranched alkanes of at least 4 members (excludes halogenated alkanes) is 31. The minimum absolute atomic E-state index is 0.0105. The van der Waals surface area contributed by atoms with Crippen molar-refractivity contribution in [1.82, 2.24) is 0 Å². The molecule has 0 aromatic heterocycles. The van der Waals surface area contributed by atoms with Gasteiger partial charge in [-0.15, -0.1) is 0 Å². The predicted octanol–water partition coefficient (Wildman–Crippen LogP) is 14.8. The molecule has 1 atom stereocenters. The third kappa shape index (κ3) is 39.3. The molecule has 0 aliphatic heterocycles. The average Bonchev–Trinajstić information content (AvgIpc) is 3.05. The van der Waals surface area contributed by atoms with Crippen LogP contribution in [0.15, 0.2) is 0 Å². The lowest BCUT2D eigenvalue weighted by Gasteiger charge is -2.18. The highest BCUT2D eigenvalue weighted by Gasteiger charge is 2.14. The number of carboxylic acid groups (broad SMARTS) is 1. The van der Waals surface area contributed by atoms with Crippen molar-refractivity contribution < 1.29 is 19.4 Å². The highest BCUT2D eigenvalue weighted by atomic mass is 16.5. The van der Waals surface area contributed by atoms with Crippen molar-refractivity contribution in [3.63, 3.8) is 0 Å². The van der Waals surface area contributed by atoms with E-state index in [4.69, 9.17) is 9.84 Å². The minimum atomic E-state index is -0.695. The van der Waals surface area contributed by atoms with Crippen LogP contribution in [0, 0.1) is 0 Å². The molecule has 0 spiro atoms. The lowest BCUT2D eigenvalue weighted by Crippen LogP contribution is -2.18. The van der Waals surface area contributed by atoms with Gasteiger partial charge in [-0.25, -0.2) is 0 Å². The van der Waals surface area contributed by atoms with Gasteiger partial charge in [-0.3, -0.25) is 9.59 Å². The second-order valence-corrected chi connectivity index (χ2v) is 14.9. The number of aliphatic carboxylic acids is 1. The van der Waals surface area contributed by atoms with Crippen LogP contribution >= 0.6 is 0 Å². The molecule has 4 nitrogen and oxygen atoms in total. The van der Waals surface area contributed by atoms with E-state index < -0.39 is 5.97 Å². The Bertz CT molecular complexity index is 633. The quantitative estimate of drug-likeness (QED) is 0.0523. The van der Waals surface area contributed by atoms with Crippen molar-refractivity contribution in [2.45, 2.75) is 264 Å². The number of rotatable bonds is 40. The number of carbonyl (C=O) groups is 2. The Morgan fingerprint density at radius 3 is 0.936 bits per heavy atom. The lowest BCUT2D eigenvalue weighted by atomic mass is 10.0. The van der Waals surface area contributed by atoms with Crippen LogP contribution in [0.25, 0.3) is 0 Å². The highest BCUT2D eigenvalue weighted by Crippen LogP contribution is 2.19. The maximum Gasteiger partial charge on any atom is 0.306 e. The van der Waals surface area contributed by atoms with Gasteiger partial charge in [0.1, 0.15) is 6.10 Å². The Kier molecular flexibility index (Phi) is 38.5. The molecule has 47 heavy (non-hydrogen) atoms. The zero-order chi connectivity index (χ0) is 34.3. The van der Waals surface area contributed by atoms with E-state index in [0.717, 1.165) is 64.2 Å². The summed E-state index contributed by atoms with van der Waals surface area (Å²) in [6.07, 6.45) is 47.0. The van der Waals surface area contributed by atoms with Crippen molar-refractivity contribution in [3.8, 4) is 0 Å². The van der Waals surface area contributed by atoms with E-state index in [2.05, 4.69) is 13.8 Å². The van der Waals surface area contributed by atoms with E-state index in [1.807, 2.05) is 0 Å². The van der Waals surface area contributed by atoms with Gasteiger partial charge in [0.25, 0.3) is 0 Å². The summed E-state index contributed by atoms with van der Waals surface area (Å²) < 4.78 is 6.03. The number of esters is 1. The van der Waals surface area contributed by atoms with Crippen molar-refractivity contribution in [1.29, 1.82) is 0 Å². The van der Waals surface area contributed by atoms with Gasteiger partial charge in [0.05, 0.1) is 0 Å². The maximum absolute atomic E-state index is 12.7. The van der Waals surface area contributed by atoms with E-state index in [0.29, 0.717) is 6.42 Å². The molecule has 0 aromatic carbocycles. The predicted molar refractivity (Wildman–Crippen MR) is 204 cm³/mol. The number of carboxylic acids is 1. The van der Waals surface area contributed by atoms with Gasteiger partial charge in [0.2, 0.25) is 0 Å². The van der Waals surface area contributed by atoms with Crippen LogP contribution in [0.2, 0.25) is 0 Å². The van der Waals surface area contributed by atoms with Crippen molar-refractivity contribution >= 4 is 11.9 Å². The molecule has 0 amide bonds. The zero-order valence-electron chi connectivity index (χ0n) is 32.1. The molecule has 0 fully saturated rings. The third-order valence-electron chi connectivity index (χ3n) is 10.1. The Balaban J connectivity index is 3.97. The molecule has 0 rings (SSSR count). The van der Waals surface area contributed by atoms with Crippen LogP contribution in [0.5, 0.6) is 0 Å². The first-order valence-electron chi connectivity index (χ1n) is 21.5. The van der Waals surface area contributed by atoms with Gasteiger partial charge in [-0.05, 0) is 38.5 Å². The molecular formula is C43H84O4. The van der Waals surface area contributed by atoms with Crippen LogP contribution in [0.3, 0.4) is 0 Å². The summed E-state index contributed by atoms with van der Waals surface area (Å²) >= 11 is 0. The molecule has 0 radical (unpaired) electrons. The number of carbonyl (C=O) groups excluding carboxylic acids is 1. The van der Waals surface area contributed by atoms with E-state index in [9.17, 15) is 9.59 Å². The first kappa shape index (κ1) is 45.9. The fourth-order valence-electron chi connectivity index (χ4n) is 6.89. The summed E-state index contributed by atoms with van der Waals surface area (Å²) in [6.45, 7) is 4.57. The summed E-state index contributed by atoms with van der Waals surface area (Å²) in [7, 11) is 0. The third-order valence-corrected chi connectivity index (χ3v) is 10.1. The van der Waals surface area contributed by atoms with E-state index in [1.165, 1.54) is 167 Å². The lowest BCUT2D eigenvalue weighted by molar-refractivity contribution is -0.150. The number of hydrogen-bond acceptors (Lipinski definition) is 3. The topological polar surface area (TPSA) is 63.6 Å². The molecule has 1 unspecified atom stereocenters. The van der Waals surface area contributed by atoms with Gasteiger partial charge < -0.3 is 9.84 Å². The minimum Gasteiger partial charge on any atom is -0.481 e. The van der Waals surface area contributed by atoms with E-state index in [-0.39, 0.29) is 18.5 Å². The normalized spacial score (nSPS) is 12.0. The van der Waals surface area contributed by atoms with Gasteiger partial charge in [-0.1, -0.05) is 206 Å². The second-order valence-electron chi connectivity index (χ2n) is 14.9. The van der Waals surface area contributed by atoms with Crippen LogP contribution < -0.4 is 0 Å². The highest BCUT2D eigenvalue weighted by molar-refractivity contribution is 5.69. The van der Waals surface area contributed by atoms with Crippen LogP contribution in [0.1, 0.15) is 258 Å². The zero-order valence-corrected chi connectivity index (χ0v) is 32.1. The molecule has 1 N–H and O–H groups in total. The summed E-state index contributed by atoms with van der Waals surface area (Å²) in [5.74, 6) is -0.685. The molecule has 0 bridgehead atoms. The van der Waals surface area contributed by atoms with Gasteiger partial charge in [0, 0.05) is 12.8 Å². The summed E-state index contributed by atoms with van der Waals surface area (Å²) in [6, 6.07) is 0. The van der Waals surface area contributed by atoms with Crippen LogP contribution in [0.4, 0.5) is 0 Å². The Labute approximate surface area is 294 Å². The number of hydrogen-bond donors (Lipinski definition) is 1. The van der Waals surface area contributed by atoms with Crippen molar-refractivity contribution in [2.75, 3.05) is 0 Å². The Morgan fingerprint density at radius 1 is 0.383 bits per heavy atom. The fraction of sp³-hybridized carbons (Fsp3) is 0.953. The summed E-state index contributed by atoms with van der Waals surface area (Å²) in [5, 5.41) is 8.83. The summed E-state index contributed by atoms with van der Waals surface area (Å²) in [4.78, 5) is 23.4. The van der Waals surface area contributed by atoms with Crippen LogP contribution in [-0.4, -0.2) is 23.1 Å². The molecule has 0 aliphatic rings. The monoisotopic (exact) mass is 665 g/mol. The summed E-state index contributed by atoms with van der Waals surface area (Å²) in [5.41, 5.74) is 0. The molecule has 0 saturated heterocycles. The molecule has 0 saturated carbocycles. The average molecular weight is 665 g/mol. The molecular weight excluding hydrogens is 580 g/mol. The van der Waals surface area contributed by atoms with Crippen molar-refractivity contribution in [3.05, 3.63) is 0 Å². The first-order valence-corrected chi connectivity index (χ1v) is 21.5. The fourth-order valence-corrected chi connectivity index (χ4v) is 6.89. The van der Waals surface area contributed by atoms with E-state index in [1.54, 1.807) is 0 Å². The second kappa shape index (κ2) is 39.4. The Hall–Kier alpha value is -1.06. The molecule has 0 heterocycles. The van der Waals surface area contributed by atoms with Gasteiger partial charge in [0.15, 0.2) is 0 Å². The molecule has 4 heteroatoms. The Morgan fingerprint density at radius 2 is 0.638 bits per heavy atom. The smallest absolute Gasteiger partial charge is 0.306 e. The van der Waals surface area contributed by atoms with Crippen LogP contribution in [-0.2, 0) is 14.3 Å². The van der Waals surface area contributed by atoms with E-state index >= 15 is 0 Å². The molecule has 280 valence electrons.